The van der Waals surface area contributed by atoms with Crippen molar-refractivity contribution >= 4 is 27.3 Å². The number of halogens is 1. The molecule has 0 saturated carbocycles. The molecule has 3 heteroatoms. The molecule has 1 heterocycles. The van der Waals surface area contributed by atoms with Gasteiger partial charge in [0.15, 0.2) is 0 Å². The molecule has 0 bridgehead atoms. The molecule has 8 heavy (non-hydrogen) atoms. The lowest BCUT2D eigenvalue weighted by atomic mass is 10.5. The number of rotatable bonds is 1. The van der Waals surface area contributed by atoms with Crippen molar-refractivity contribution in [3.63, 3.8) is 0 Å². The summed E-state index contributed by atoms with van der Waals surface area (Å²) in [7, 11) is 0. The second kappa shape index (κ2) is 2.60. The van der Waals surface area contributed by atoms with Crippen molar-refractivity contribution in [1.29, 1.82) is 0 Å². The number of hydrogen-bond acceptors (Lipinski definition) is 2. The Labute approximate surface area is 60.9 Å². The first-order valence-electron chi connectivity index (χ1n) is 2.17. The van der Waals surface area contributed by atoms with Gasteiger partial charge in [0.1, 0.15) is 5.01 Å². The molecule has 1 aromatic heterocycles. The fourth-order valence-corrected chi connectivity index (χ4v) is 1.36. The van der Waals surface area contributed by atoms with Crippen LogP contribution in [0.15, 0.2) is 11.6 Å². The van der Waals surface area contributed by atoms with Crippen molar-refractivity contribution in [1.82, 2.24) is 4.98 Å². The van der Waals surface area contributed by atoms with Gasteiger partial charge in [-0.25, -0.2) is 4.98 Å². The first-order chi connectivity index (χ1) is 3.80. The van der Waals surface area contributed by atoms with Gasteiger partial charge in [-0.3, -0.25) is 0 Å². The Morgan fingerprint density at radius 1 is 1.88 bits per heavy atom. The molecule has 0 spiro atoms. The molecule has 0 aliphatic rings. The molecular formula is C5H5BrNS. The molecule has 0 aliphatic heterocycles. The van der Waals surface area contributed by atoms with Crippen molar-refractivity contribution in [3.05, 3.63) is 23.5 Å². The molecule has 0 aliphatic carbocycles. The predicted molar refractivity (Wildman–Crippen MR) is 39.1 cm³/mol. The summed E-state index contributed by atoms with van der Waals surface area (Å²) >= 11 is 4.91. The minimum Gasteiger partial charge on any atom is -0.249 e. The van der Waals surface area contributed by atoms with Crippen molar-refractivity contribution < 1.29 is 0 Å². The monoisotopic (exact) mass is 190 g/mol. The summed E-state index contributed by atoms with van der Waals surface area (Å²) in [6.07, 6.45) is 1.78. The van der Waals surface area contributed by atoms with Gasteiger partial charge in [0.2, 0.25) is 0 Å². The van der Waals surface area contributed by atoms with Gasteiger partial charge >= 0.3 is 0 Å². The second-order valence-corrected chi connectivity index (χ2v) is 3.37. The summed E-state index contributed by atoms with van der Waals surface area (Å²) in [6.45, 7) is 3.75. The van der Waals surface area contributed by atoms with Crippen LogP contribution in [0.4, 0.5) is 0 Å². The Bertz CT molecular complexity index is 147. The first-order valence-corrected chi connectivity index (χ1v) is 3.97. The zero-order valence-corrected chi connectivity index (χ0v) is 6.58. The van der Waals surface area contributed by atoms with Gasteiger partial charge in [-0.1, -0.05) is 15.9 Å². The van der Waals surface area contributed by atoms with Gasteiger partial charge in [-0.15, -0.1) is 11.3 Å². The molecule has 43 valence electrons. The van der Waals surface area contributed by atoms with Crippen LogP contribution in [0.3, 0.4) is 0 Å². The normalized spacial score (nSPS) is 13.8. The van der Waals surface area contributed by atoms with Gasteiger partial charge in [0.05, 0.1) is 4.83 Å². The van der Waals surface area contributed by atoms with E-state index in [0.717, 1.165) is 5.01 Å². The van der Waals surface area contributed by atoms with E-state index in [1.165, 1.54) is 0 Å². The highest BCUT2D eigenvalue weighted by atomic mass is 79.9. The van der Waals surface area contributed by atoms with Crippen molar-refractivity contribution in [2.75, 3.05) is 0 Å². The van der Waals surface area contributed by atoms with E-state index in [-0.39, 0.29) is 4.83 Å². The third-order valence-electron chi connectivity index (χ3n) is 0.719. The summed E-state index contributed by atoms with van der Waals surface area (Å²) in [5.41, 5.74) is 0. The number of nitrogens with zero attached hydrogens (tertiary/aromatic N) is 1. The molecular weight excluding hydrogens is 186 g/mol. The van der Waals surface area contributed by atoms with Crippen LogP contribution in [0.2, 0.25) is 0 Å². The van der Waals surface area contributed by atoms with Gasteiger partial charge in [0.25, 0.3) is 0 Å². The largest absolute Gasteiger partial charge is 0.249 e. The van der Waals surface area contributed by atoms with Crippen molar-refractivity contribution in [2.45, 2.75) is 4.83 Å². The topological polar surface area (TPSA) is 12.9 Å². The highest BCUT2D eigenvalue weighted by Gasteiger charge is 2.00. The average Bonchev–Trinajstić information content (AvgIpc) is 2.12. The van der Waals surface area contributed by atoms with Crippen LogP contribution in [0.25, 0.3) is 0 Å². The first kappa shape index (κ1) is 6.23. The molecule has 1 radical (unpaired) electrons. The van der Waals surface area contributed by atoms with Crippen LogP contribution in [0, 0.1) is 6.92 Å². The maximum absolute atomic E-state index is 4.02. The van der Waals surface area contributed by atoms with E-state index in [0.29, 0.717) is 0 Å². The maximum Gasteiger partial charge on any atom is 0.106 e. The summed E-state index contributed by atoms with van der Waals surface area (Å²) < 4.78 is 0. The van der Waals surface area contributed by atoms with E-state index in [1.807, 2.05) is 5.38 Å². The smallest absolute Gasteiger partial charge is 0.106 e. The van der Waals surface area contributed by atoms with Crippen molar-refractivity contribution in [2.24, 2.45) is 0 Å². The predicted octanol–water partition coefficient (Wildman–Crippen LogP) is 2.41. The number of thiazole rings is 1. The molecule has 1 aromatic rings. The highest BCUT2D eigenvalue weighted by Crippen LogP contribution is 2.22. The zero-order chi connectivity index (χ0) is 5.98. The van der Waals surface area contributed by atoms with E-state index in [2.05, 4.69) is 27.8 Å². The van der Waals surface area contributed by atoms with Gasteiger partial charge in [0, 0.05) is 11.6 Å². The summed E-state index contributed by atoms with van der Waals surface area (Å²) in [5, 5.41) is 2.97. The number of alkyl halides is 1. The summed E-state index contributed by atoms with van der Waals surface area (Å²) in [5.74, 6) is 0. The molecule has 1 atom stereocenters. The zero-order valence-electron chi connectivity index (χ0n) is 4.17. The third kappa shape index (κ3) is 1.29. The molecule has 1 nitrogen and oxygen atoms in total. The van der Waals surface area contributed by atoms with Gasteiger partial charge < -0.3 is 0 Å². The lowest BCUT2D eigenvalue weighted by molar-refractivity contribution is 1.18. The van der Waals surface area contributed by atoms with E-state index in [4.69, 9.17) is 0 Å². The fraction of sp³-hybridized carbons (Fsp3) is 0.200. The quantitative estimate of drug-likeness (QED) is 0.621. The van der Waals surface area contributed by atoms with Crippen LogP contribution < -0.4 is 0 Å². The standard InChI is InChI=1S/C5H5BrNS/c1-4(6)5-7-2-3-8-5/h2-4H,1H2. The minimum absolute atomic E-state index is 0.155. The Hall–Kier alpha value is 0.110. The fourth-order valence-electron chi connectivity index (χ4n) is 0.389. The average molecular weight is 191 g/mol. The SMILES string of the molecule is [CH2]C(Br)c1nccs1. The maximum atomic E-state index is 4.02. The lowest BCUT2D eigenvalue weighted by Gasteiger charge is -1.91. The second-order valence-electron chi connectivity index (χ2n) is 1.34. The Kier molecular flexibility index (Phi) is 2.02. The third-order valence-corrected chi connectivity index (χ3v) is 2.35. The Balaban J connectivity index is 2.77. The molecule has 1 unspecified atom stereocenters. The van der Waals surface area contributed by atoms with Crippen molar-refractivity contribution in [3.8, 4) is 0 Å². The van der Waals surface area contributed by atoms with Crippen LogP contribution in [-0.2, 0) is 0 Å². The van der Waals surface area contributed by atoms with E-state index in [1.54, 1.807) is 17.5 Å². The molecule has 0 amide bonds. The summed E-state index contributed by atoms with van der Waals surface area (Å²) in [4.78, 5) is 4.18. The van der Waals surface area contributed by atoms with E-state index >= 15 is 0 Å². The highest BCUT2D eigenvalue weighted by molar-refractivity contribution is 9.09. The molecule has 0 saturated heterocycles. The Morgan fingerprint density at radius 3 is 2.88 bits per heavy atom. The van der Waals surface area contributed by atoms with Crippen LogP contribution in [-0.4, -0.2) is 4.98 Å². The van der Waals surface area contributed by atoms with Crippen LogP contribution >= 0.6 is 27.3 Å². The van der Waals surface area contributed by atoms with Crippen LogP contribution in [0.1, 0.15) is 9.83 Å². The van der Waals surface area contributed by atoms with Crippen LogP contribution in [0.5, 0.6) is 0 Å². The van der Waals surface area contributed by atoms with E-state index in [9.17, 15) is 0 Å². The molecule has 0 aromatic carbocycles. The lowest BCUT2D eigenvalue weighted by Crippen LogP contribution is -1.77. The molecule has 0 fully saturated rings. The molecule has 1 rings (SSSR count). The van der Waals surface area contributed by atoms with Gasteiger partial charge in [-0.2, -0.15) is 0 Å². The number of hydrogen-bond donors (Lipinski definition) is 0. The molecule has 0 N–H and O–H groups in total. The summed E-state index contributed by atoms with van der Waals surface area (Å²) in [6, 6.07) is 0. The Morgan fingerprint density at radius 2 is 2.62 bits per heavy atom. The van der Waals surface area contributed by atoms with E-state index < -0.39 is 0 Å². The minimum atomic E-state index is 0.155. The number of aromatic nitrogens is 1. The van der Waals surface area contributed by atoms with Gasteiger partial charge in [-0.05, 0) is 6.92 Å².